The third-order valence-electron chi connectivity index (χ3n) is 8.96. The number of aryl methyl sites for hydroxylation is 2. The number of fused-ring (bicyclic) bond motifs is 2. The number of benzene rings is 3. The van der Waals surface area contributed by atoms with Gasteiger partial charge in [-0.3, -0.25) is 38.3 Å². The summed E-state index contributed by atoms with van der Waals surface area (Å²) in [5.41, 5.74) is 3.06. The van der Waals surface area contributed by atoms with Crippen LogP contribution >= 0.6 is 0 Å². The predicted octanol–water partition coefficient (Wildman–Crippen LogP) is 1.62. The number of carbonyl (C=O) groups excluding carboxylic acids is 4. The van der Waals surface area contributed by atoms with Gasteiger partial charge < -0.3 is 10.4 Å². The SMILES string of the molecule is Cc1nn(CC(=O)Nc2ccc3c(F)c(N4CC(=O)NS4(=O)=O)c(O)cc3c2)c(C)c1-c1ccc2c(c1)n(C)c(=O)n2C1CCC(=O)NC1=O. The quantitative estimate of drug-likeness (QED) is 0.189. The zero-order valence-electron chi connectivity index (χ0n) is 26.8. The zero-order valence-corrected chi connectivity index (χ0v) is 27.6. The van der Waals surface area contributed by atoms with Gasteiger partial charge in [0.2, 0.25) is 17.7 Å². The molecule has 0 radical (unpaired) electrons. The predicted molar refractivity (Wildman–Crippen MR) is 178 cm³/mol. The van der Waals surface area contributed by atoms with Gasteiger partial charge in [0.05, 0.1) is 16.7 Å². The standard InChI is InChI=1S/C32H29FN8O8S/c1-15-28(17-4-7-21-23(11-17)38(3)32(47)41(21)22-8-9-25(43)35-31(22)46)16(2)39(36-15)13-26(44)34-19-5-6-20-18(10-19)12-24(42)30(29(20)33)40-14-27(45)37-50(40,48)49/h4-7,10-12,22,42H,8-9,13-14H2,1-3H3,(H,34,44)(H,37,45)(H,35,43,46). The number of amides is 4. The average Bonchev–Trinajstić information content (AvgIpc) is 3.57. The molecule has 4 N–H and O–H groups in total. The van der Waals surface area contributed by atoms with E-state index in [2.05, 4.69) is 15.7 Å². The van der Waals surface area contributed by atoms with Crippen LogP contribution in [0.15, 0.2) is 47.3 Å². The van der Waals surface area contributed by atoms with Gasteiger partial charge in [-0.1, -0.05) is 6.07 Å². The van der Waals surface area contributed by atoms with E-state index in [1.807, 2.05) is 6.07 Å². The fourth-order valence-electron chi connectivity index (χ4n) is 6.65. The van der Waals surface area contributed by atoms with Gasteiger partial charge >= 0.3 is 15.9 Å². The normalized spacial score (nSPS) is 17.4. The van der Waals surface area contributed by atoms with Crippen LogP contribution in [0.4, 0.5) is 15.8 Å². The van der Waals surface area contributed by atoms with Crippen molar-refractivity contribution in [3.8, 4) is 16.9 Å². The van der Waals surface area contributed by atoms with Crippen molar-refractivity contribution in [2.24, 2.45) is 7.05 Å². The van der Waals surface area contributed by atoms with Gasteiger partial charge in [-0.05, 0) is 67.6 Å². The number of hydrogen-bond donors (Lipinski definition) is 4. The highest BCUT2D eigenvalue weighted by atomic mass is 32.2. The summed E-state index contributed by atoms with van der Waals surface area (Å²) < 4.78 is 46.5. The van der Waals surface area contributed by atoms with Crippen molar-refractivity contribution in [3.63, 3.8) is 0 Å². The number of phenols is 1. The Morgan fingerprint density at radius 2 is 1.82 bits per heavy atom. The molecule has 258 valence electrons. The Morgan fingerprint density at radius 1 is 1.06 bits per heavy atom. The van der Waals surface area contributed by atoms with E-state index in [1.54, 1.807) is 37.7 Å². The van der Waals surface area contributed by atoms with Gasteiger partial charge in [-0.2, -0.15) is 13.5 Å². The van der Waals surface area contributed by atoms with E-state index in [0.717, 1.165) is 17.2 Å². The molecule has 2 aliphatic rings. The van der Waals surface area contributed by atoms with E-state index in [4.69, 9.17) is 0 Å². The van der Waals surface area contributed by atoms with Crippen LogP contribution in [0.3, 0.4) is 0 Å². The zero-order chi connectivity index (χ0) is 35.8. The van der Waals surface area contributed by atoms with Crippen LogP contribution in [-0.4, -0.2) is 62.6 Å². The second kappa shape index (κ2) is 11.5. The Morgan fingerprint density at radius 3 is 2.52 bits per heavy atom. The lowest BCUT2D eigenvalue weighted by Crippen LogP contribution is -2.44. The monoisotopic (exact) mass is 704 g/mol. The molecule has 50 heavy (non-hydrogen) atoms. The lowest BCUT2D eigenvalue weighted by molar-refractivity contribution is -0.135. The first-order valence-corrected chi connectivity index (χ1v) is 16.8. The lowest BCUT2D eigenvalue weighted by Gasteiger charge is -2.21. The largest absolute Gasteiger partial charge is 0.506 e. The van der Waals surface area contributed by atoms with E-state index in [-0.39, 0.29) is 41.8 Å². The molecule has 0 bridgehead atoms. The van der Waals surface area contributed by atoms with E-state index in [9.17, 15) is 37.5 Å². The molecular weight excluding hydrogens is 675 g/mol. The summed E-state index contributed by atoms with van der Waals surface area (Å²) in [5.74, 6) is -4.00. The number of rotatable bonds is 6. The molecule has 0 saturated carbocycles. The van der Waals surface area contributed by atoms with Gasteiger partial charge in [0.15, 0.2) is 5.82 Å². The van der Waals surface area contributed by atoms with Gasteiger partial charge in [-0.25, -0.2) is 18.2 Å². The van der Waals surface area contributed by atoms with E-state index in [0.29, 0.717) is 26.7 Å². The van der Waals surface area contributed by atoms with Gasteiger partial charge in [-0.15, -0.1) is 0 Å². The fourth-order valence-corrected chi connectivity index (χ4v) is 7.82. The third kappa shape index (κ3) is 5.24. The van der Waals surface area contributed by atoms with Crippen molar-refractivity contribution in [2.75, 3.05) is 16.2 Å². The first-order valence-electron chi connectivity index (χ1n) is 15.3. The molecule has 2 aromatic heterocycles. The molecule has 5 aromatic rings. The van der Waals surface area contributed by atoms with Crippen molar-refractivity contribution < 1.29 is 37.1 Å². The summed E-state index contributed by atoms with van der Waals surface area (Å²) in [6.45, 7) is 2.70. The summed E-state index contributed by atoms with van der Waals surface area (Å²) in [7, 11) is -2.77. The Bertz CT molecular complexity index is 2520. The number of nitrogens with one attached hydrogen (secondary N) is 3. The fraction of sp³-hybridized carbons (Fsp3) is 0.250. The number of carbonyl (C=O) groups is 4. The first kappa shape index (κ1) is 32.5. The van der Waals surface area contributed by atoms with Crippen molar-refractivity contribution in [1.82, 2.24) is 29.0 Å². The number of imide groups is 1. The third-order valence-corrected chi connectivity index (χ3v) is 10.3. The molecule has 16 nitrogen and oxygen atoms in total. The van der Waals surface area contributed by atoms with Crippen LogP contribution < -0.4 is 25.4 Å². The molecule has 0 aliphatic carbocycles. The minimum atomic E-state index is -4.37. The van der Waals surface area contributed by atoms with Gasteiger partial charge in [0.1, 0.15) is 30.6 Å². The molecule has 4 amide bonds. The minimum Gasteiger partial charge on any atom is -0.506 e. The number of halogens is 1. The Balaban J connectivity index is 1.13. The van der Waals surface area contributed by atoms with Crippen molar-refractivity contribution in [1.29, 1.82) is 0 Å². The Kier molecular flexibility index (Phi) is 7.50. The molecule has 2 saturated heterocycles. The van der Waals surface area contributed by atoms with Crippen LogP contribution in [0.25, 0.3) is 32.9 Å². The Hall–Kier alpha value is -6.04. The van der Waals surface area contributed by atoms with Crippen LogP contribution in [-0.2, 0) is 43.0 Å². The number of piperidine rings is 1. The Labute approximate surface area is 282 Å². The molecule has 0 spiro atoms. The molecule has 2 aliphatic heterocycles. The number of anilines is 2. The van der Waals surface area contributed by atoms with E-state index >= 15 is 4.39 Å². The second-order valence-corrected chi connectivity index (χ2v) is 13.8. The molecule has 7 rings (SSSR count). The summed E-state index contributed by atoms with van der Waals surface area (Å²) in [6, 6.07) is 9.82. The van der Waals surface area contributed by atoms with Gasteiger partial charge in [0, 0.05) is 35.8 Å². The van der Waals surface area contributed by atoms with Crippen LogP contribution in [0.5, 0.6) is 5.75 Å². The van der Waals surface area contributed by atoms with Gasteiger partial charge in [0.25, 0.3) is 5.91 Å². The first-order chi connectivity index (χ1) is 23.6. The summed E-state index contributed by atoms with van der Waals surface area (Å²) in [4.78, 5) is 62.2. The number of imidazole rings is 1. The van der Waals surface area contributed by atoms with E-state index < -0.39 is 63.5 Å². The van der Waals surface area contributed by atoms with Crippen LogP contribution in [0.2, 0.25) is 0 Å². The molecule has 3 aromatic carbocycles. The molecular formula is C32H29FN8O8S. The number of aromatic nitrogens is 4. The van der Waals surface area contributed by atoms with Crippen LogP contribution in [0.1, 0.15) is 30.3 Å². The highest BCUT2D eigenvalue weighted by molar-refractivity contribution is 7.92. The maximum atomic E-state index is 15.5. The van der Waals surface area contributed by atoms with E-state index in [1.165, 1.54) is 32.0 Å². The second-order valence-electron chi connectivity index (χ2n) is 12.2. The number of nitrogens with zero attached hydrogens (tertiary/aromatic N) is 5. The molecule has 18 heteroatoms. The molecule has 2 fully saturated rings. The maximum absolute atomic E-state index is 15.5. The van der Waals surface area contributed by atoms with Crippen LogP contribution in [0, 0.1) is 19.7 Å². The summed E-state index contributed by atoms with van der Waals surface area (Å²) in [6.07, 6.45) is 0.339. The maximum Gasteiger partial charge on any atom is 0.329 e. The smallest absolute Gasteiger partial charge is 0.329 e. The summed E-state index contributed by atoms with van der Waals surface area (Å²) in [5, 5.41) is 20.2. The molecule has 1 unspecified atom stereocenters. The number of hydrogen-bond acceptors (Lipinski definition) is 9. The number of aromatic hydroxyl groups is 1. The lowest BCUT2D eigenvalue weighted by atomic mass is 10.0. The number of phenolic OH excluding ortho intramolecular Hbond substituents is 1. The molecule has 1 atom stereocenters. The summed E-state index contributed by atoms with van der Waals surface area (Å²) >= 11 is 0. The van der Waals surface area contributed by atoms with Crippen molar-refractivity contribution >= 4 is 67.0 Å². The van der Waals surface area contributed by atoms with Crippen molar-refractivity contribution in [2.45, 2.75) is 39.3 Å². The minimum absolute atomic E-state index is 0.0459. The highest BCUT2D eigenvalue weighted by Crippen LogP contribution is 2.39. The highest BCUT2D eigenvalue weighted by Gasteiger charge is 2.38. The van der Waals surface area contributed by atoms with Crippen molar-refractivity contribution in [3.05, 3.63) is 70.2 Å². The molecule has 4 heterocycles. The average molecular weight is 705 g/mol. The topological polar surface area (TPSA) is 207 Å².